The predicted octanol–water partition coefficient (Wildman–Crippen LogP) is 2.30. The summed E-state index contributed by atoms with van der Waals surface area (Å²) in [6.07, 6.45) is 0. The van der Waals surface area contributed by atoms with Crippen molar-refractivity contribution in [1.82, 2.24) is 4.90 Å². The van der Waals surface area contributed by atoms with E-state index in [1.54, 1.807) is 38.4 Å². The summed E-state index contributed by atoms with van der Waals surface area (Å²) in [4.78, 5) is 13.8. The third-order valence-electron chi connectivity index (χ3n) is 4.04. The molecule has 2 aromatic rings. The molecule has 0 aliphatic heterocycles. The van der Waals surface area contributed by atoms with E-state index in [-0.39, 0.29) is 17.3 Å². The minimum atomic E-state index is -3.95. The molecule has 0 radical (unpaired) electrons. The largest absolute Gasteiger partial charge is 0.493 e. The van der Waals surface area contributed by atoms with Gasteiger partial charge in [-0.2, -0.15) is 0 Å². The van der Waals surface area contributed by atoms with E-state index in [1.807, 2.05) is 6.92 Å². The Kier molecular flexibility index (Phi) is 6.32. The van der Waals surface area contributed by atoms with E-state index < -0.39 is 10.0 Å². The first-order chi connectivity index (χ1) is 12.7. The number of hydrogen-bond acceptors (Lipinski definition) is 5. The van der Waals surface area contributed by atoms with Crippen molar-refractivity contribution >= 4 is 21.6 Å². The van der Waals surface area contributed by atoms with Gasteiger partial charge in [-0.3, -0.25) is 9.10 Å². The zero-order chi connectivity index (χ0) is 20.2. The van der Waals surface area contributed by atoms with Crippen molar-refractivity contribution in [2.24, 2.45) is 0 Å². The number of sulfonamides is 1. The van der Waals surface area contributed by atoms with Gasteiger partial charge in [-0.15, -0.1) is 0 Å². The van der Waals surface area contributed by atoms with E-state index in [9.17, 15) is 13.2 Å². The topological polar surface area (TPSA) is 76.2 Å². The molecule has 0 bridgehead atoms. The molecule has 146 valence electrons. The second-order valence-corrected chi connectivity index (χ2v) is 8.01. The van der Waals surface area contributed by atoms with Gasteiger partial charge in [0.2, 0.25) is 5.91 Å². The molecule has 8 heteroatoms. The third kappa shape index (κ3) is 4.51. The van der Waals surface area contributed by atoms with E-state index in [2.05, 4.69) is 0 Å². The number of amides is 1. The zero-order valence-electron chi connectivity index (χ0n) is 16.1. The number of carbonyl (C=O) groups excluding carboxylic acids is 1. The maximum atomic E-state index is 13.2. The Hall–Kier alpha value is -2.74. The smallest absolute Gasteiger partial charge is 0.264 e. The molecule has 0 heterocycles. The number of aryl methyl sites for hydroxylation is 1. The maximum absolute atomic E-state index is 13.2. The van der Waals surface area contributed by atoms with Crippen LogP contribution in [0, 0.1) is 6.92 Å². The summed E-state index contributed by atoms with van der Waals surface area (Å²) in [7, 11) is 2.16. The Bertz CT molecular complexity index is 908. The van der Waals surface area contributed by atoms with Crippen LogP contribution in [0.2, 0.25) is 0 Å². The van der Waals surface area contributed by atoms with E-state index in [0.29, 0.717) is 17.2 Å². The quantitative estimate of drug-likeness (QED) is 0.723. The van der Waals surface area contributed by atoms with E-state index >= 15 is 0 Å². The molecule has 0 fully saturated rings. The Morgan fingerprint density at radius 2 is 1.56 bits per heavy atom. The lowest BCUT2D eigenvalue weighted by atomic mass is 10.2. The van der Waals surface area contributed by atoms with Gasteiger partial charge < -0.3 is 14.4 Å². The number of ether oxygens (including phenoxy) is 2. The number of carbonyl (C=O) groups is 1. The van der Waals surface area contributed by atoms with Crippen molar-refractivity contribution in [1.29, 1.82) is 0 Å². The van der Waals surface area contributed by atoms with Gasteiger partial charge in [0.05, 0.1) is 24.8 Å². The molecule has 0 aromatic heterocycles. The number of anilines is 1. The molecule has 0 saturated heterocycles. The second kappa shape index (κ2) is 8.30. The summed E-state index contributed by atoms with van der Waals surface area (Å²) < 4.78 is 38.0. The minimum absolute atomic E-state index is 0.106. The van der Waals surface area contributed by atoms with Crippen LogP contribution in [0.25, 0.3) is 0 Å². The summed E-state index contributed by atoms with van der Waals surface area (Å²) in [5.74, 6) is 0.491. The summed E-state index contributed by atoms with van der Waals surface area (Å²) >= 11 is 0. The molecule has 0 N–H and O–H groups in total. The number of hydrogen-bond donors (Lipinski definition) is 0. The molecule has 7 nitrogen and oxygen atoms in total. The van der Waals surface area contributed by atoms with Crippen LogP contribution in [0.5, 0.6) is 11.5 Å². The first-order valence-electron chi connectivity index (χ1n) is 8.22. The highest BCUT2D eigenvalue weighted by atomic mass is 32.2. The maximum Gasteiger partial charge on any atom is 0.264 e. The molecule has 0 unspecified atom stereocenters. The summed E-state index contributed by atoms with van der Waals surface area (Å²) in [6, 6.07) is 11.2. The van der Waals surface area contributed by atoms with Gasteiger partial charge in [-0.25, -0.2) is 8.42 Å². The highest BCUT2D eigenvalue weighted by Crippen LogP contribution is 2.33. The molecule has 27 heavy (non-hydrogen) atoms. The number of nitrogens with zero attached hydrogens (tertiary/aromatic N) is 2. The lowest BCUT2D eigenvalue weighted by molar-refractivity contribution is -0.127. The molecule has 0 aliphatic rings. The van der Waals surface area contributed by atoms with Crippen molar-refractivity contribution in [3.63, 3.8) is 0 Å². The Balaban J connectivity index is 2.57. The van der Waals surface area contributed by atoms with Crippen LogP contribution >= 0.6 is 0 Å². The summed E-state index contributed by atoms with van der Waals surface area (Å²) in [6.45, 7) is 1.54. The van der Waals surface area contributed by atoms with Crippen LogP contribution in [0.1, 0.15) is 5.56 Å². The van der Waals surface area contributed by atoms with Gasteiger partial charge in [0.15, 0.2) is 11.5 Å². The van der Waals surface area contributed by atoms with E-state index in [1.165, 1.54) is 37.3 Å². The van der Waals surface area contributed by atoms with Crippen molar-refractivity contribution in [3.8, 4) is 11.5 Å². The number of likely N-dealkylation sites (N-methyl/N-ethyl adjacent to an activating group) is 1. The first kappa shape index (κ1) is 20.6. The molecular formula is C19H24N2O5S. The van der Waals surface area contributed by atoms with Crippen molar-refractivity contribution in [3.05, 3.63) is 48.0 Å². The number of methoxy groups -OCH3 is 2. The minimum Gasteiger partial charge on any atom is -0.493 e. The monoisotopic (exact) mass is 392 g/mol. The van der Waals surface area contributed by atoms with Crippen molar-refractivity contribution < 1.29 is 22.7 Å². The molecule has 1 amide bonds. The fraction of sp³-hybridized carbons (Fsp3) is 0.316. The SMILES string of the molecule is COc1ccc(N(CC(=O)N(C)C)S(=O)(=O)c2ccc(C)cc2)cc1OC. The average molecular weight is 392 g/mol. The van der Waals surface area contributed by atoms with Gasteiger partial charge in [-0.05, 0) is 31.2 Å². The molecule has 2 rings (SSSR count). The van der Waals surface area contributed by atoms with Gasteiger partial charge >= 0.3 is 0 Å². The molecule has 0 saturated carbocycles. The second-order valence-electron chi connectivity index (χ2n) is 6.15. The highest BCUT2D eigenvalue weighted by molar-refractivity contribution is 7.92. The van der Waals surface area contributed by atoms with Crippen LogP contribution in [0.15, 0.2) is 47.4 Å². The van der Waals surface area contributed by atoms with Gasteiger partial charge in [0.25, 0.3) is 10.0 Å². The highest BCUT2D eigenvalue weighted by Gasteiger charge is 2.28. The molecule has 0 spiro atoms. The third-order valence-corrected chi connectivity index (χ3v) is 5.83. The molecular weight excluding hydrogens is 368 g/mol. The van der Waals surface area contributed by atoms with Gasteiger partial charge in [0.1, 0.15) is 6.54 Å². The Labute approximate surface area is 160 Å². The molecule has 0 aliphatic carbocycles. The summed E-state index contributed by atoms with van der Waals surface area (Å²) in [5, 5.41) is 0. The van der Waals surface area contributed by atoms with Crippen LogP contribution in [0.3, 0.4) is 0 Å². The van der Waals surface area contributed by atoms with Crippen molar-refractivity contribution in [2.75, 3.05) is 39.2 Å². The lowest BCUT2D eigenvalue weighted by Crippen LogP contribution is -2.40. The van der Waals surface area contributed by atoms with Crippen LogP contribution < -0.4 is 13.8 Å². The lowest BCUT2D eigenvalue weighted by Gasteiger charge is -2.26. The first-order valence-corrected chi connectivity index (χ1v) is 9.66. The standard InChI is InChI=1S/C19H24N2O5S/c1-14-6-9-16(10-7-14)27(23,24)21(13-19(22)20(2)3)15-8-11-17(25-4)18(12-15)26-5/h6-12H,13H2,1-5H3. The number of rotatable bonds is 7. The average Bonchev–Trinajstić information content (AvgIpc) is 2.65. The van der Waals surface area contributed by atoms with Gasteiger partial charge in [-0.1, -0.05) is 17.7 Å². The zero-order valence-corrected chi connectivity index (χ0v) is 16.9. The fourth-order valence-corrected chi connectivity index (χ4v) is 3.80. The van der Waals surface area contributed by atoms with E-state index in [4.69, 9.17) is 9.47 Å². The van der Waals surface area contributed by atoms with Crippen LogP contribution in [0.4, 0.5) is 5.69 Å². The van der Waals surface area contributed by atoms with Crippen LogP contribution in [-0.4, -0.2) is 54.1 Å². The molecule has 0 atom stereocenters. The van der Waals surface area contributed by atoms with Gasteiger partial charge in [0, 0.05) is 20.2 Å². The van der Waals surface area contributed by atoms with E-state index in [0.717, 1.165) is 9.87 Å². The summed E-state index contributed by atoms with van der Waals surface area (Å²) in [5.41, 5.74) is 1.25. The van der Waals surface area contributed by atoms with Crippen LogP contribution in [-0.2, 0) is 14.8 Å². The molecule has 2 aromatic carbocycles. The number of benzene rings is 2. The van der Waals surface area contributed by atoms with Crippen molar-refractivity contribution in [2.45, 2.75) is 11.8 Å². The predicted molar refractivity (Wildman–Crippen MR) is 104 cm³/mol. The Morgan fingerprint density at radius 1 is 0.963 bits per heavy atom. The fourth-order valence-electron chi connectivity index (χ4n) is 2.40. The Morgan fingerprint density at radius 3 is 2.07 bits per heavy atom. The normalized spacial score (nSPS) is 11.0.